The second-order valence-corrected chi connectivity index (χ2v) is 4.78. The van der Waals surface area contributed by atoms with Crippen molar-refractivity contribution in [3.63, 3.8) is 0 Å². The summed E-state index contributed by atoms with van der Waals surface area (Å²) in [6.45, 7) is 8.11. The summed E-state index contributed by atoms with van der Waals surface area (Å²) < 4.78 is 5.45. The highest BCUT2D eigenvalue weighted by atomic mass is 16.5. The maximum Gasteiger partial charge on any atom is 0.0594 e. The van der Waals surface area contributed by atoms with Gasteiger partial charge in [0.15, 0.2) is 0 Å². The lowest BCUT2D eigenvalue weighted by Gasteiger charge is -2.35. The lowest BCUT2D eigenvalue weighted by atomic mass is 10.0. The largest absolute Gasteiger partial charge is 0.379 e. The van der Waals surface area contributed by atoms with Crippen LogP contribution in [0.25, 0.3) is 0 Å². The molecule has 1 fully saturated rings. The third kappa shape index (κ3) is 3.80. The van der Waals surface area contributed by atoms with Gasteiger partial charge in [0, 0.05) is 25.7 Å². The van der Waals surface area contributed by atoms with Crippen LogP contribution in [-0.4, -0.2) is 44.3 Å². The third-order valence-electron chi connectivity index (χ3n) is 3.44. The van der Waals surface area contributed by atoms with E-state index in [1.807, 2.05) is 0 Å². The van der Waals surface area contributed by atoms with Gasteiger partial charge in [0.25, 0.3) is 0 Å². The molecular weight excluding hydrogens is 224 g/mol. The van der Waals surface area contributed by atoms with E-state index in [4.69, 9.17) is 4.74 Å². The van der Waals surface area contributed by atoms with Gasteiger partial charge in [-0.05, 0) is 18.5 Å². The smallest absolute Gasteiger partial charge is 0.0594 e. The summed E-state index contributed by atoms with van der Waals surface area (Å²) in [5.41, 5.74) is 1.41. The van der Waals surface area contributed by atoms with E-state index in [-0.39, 0.29) is 0 Å². The Morgan fingerprint density at radius 3 is 2.61 bits per heavy atom. The highest BCUT2D eigenvalue weighted by Gasteiger charge is 2.21. The van der Waals surface area contributed by atoms with Gasteiger partial charge in [-0.3, -0.25) is 4.90 Å². The van der Waals surface area contributed by atoms with Gasteiger partial charge in [-0.25, -0.2) is 0 Å². The molecule has 3 nitrogen and oxygen atoms in total. The van der Waals surface area contributed by atoms with Gasteiger partial charge in [0.05, 0.1) is 13.2 Å². The highest BCUT2D eigenvalue weighted by Crippen LogP contribution is 2.20. The molecule has 18 heavy (non-hydrogen) atoms. The quantitative estimate of drug-likeness (QED) is 0.780. The van der Waals surface area contributed by atoms with E-state index in [2.05, 4.69) is 47.5 Å². The van der Waals surface area contributed by atoms with Crippen LogP contribution in [-0.2, 0) is 4.74 Å². The Hall–Kier alpha value is -0.900. The van der Waals surface area contributed by atoms with Crippen LogP contribution in [0.4, 0.5) is 0 Å². The summed E-state index contributed by atoms with van der Waals surface area (Å²) in [5, 5.41) is 3.55. The molecule has 2 rings (SSSR count). The Morgan fingerprint density at radius 2 is 1.94 bits per heavy atom. The van der Waals surface area contributed by atoms with Crippen LogP contribution in [0.5, 0.6) is 0 Å². The van der Waals surface area contributed by atoms with Gasteiger partial charge >= 0.3 is 0 Å². The molecule has 1 aliphatic heterocycles. The molecule has 0 aromatic heterocycles. The third-order valence-corrected chi connectivity index (χ3v) is 3.44. The zero-order valence-electron chi connectivity index (χ0n) is 11.3. The first-order chi connectivity index (χ1) is 8.92. The molecular formula is C15H24N2O. The maximum absolute atomic E-state index is 5.45. The van der Waals surface area contributed by atoms with Gasteiger partial charge in [0.2, 0.25) is 0 Å². The molecule has 0 radical (unpaired) electrons. The fourth-order valence-corrected chi connectivity index (χ4v) is 2.44. The monoisotopic (exact) mass is 248 g/mol. The normalized spacial score (nSPS) is 18.7. The minimum Gasteiger partial charge on any atom is -0.379 e. The number of morpholine rings is 1. The minimum atomic E-state index is 0.474. The Labute approximate surface area is 110 Å². The molecule has 0 bridgehead atoms. The van der Waals surface area contributed by atoms with Crippen molar-refractivity contribution < 1.29 is 4.74 Å². The number of benzene rings is 1. The van der Waals surface area contributed by atoms with E-state index < -0.39 is 0 Å². The van der Waals surface area contributed by atoms with Gasteiger partial charge in [0.1, 0.15) is 0 Å². The summed E-state index contributed by atoms with van der Waals surface area (Å²) >= 11 is 0. The molecule has 1 atom stereocenters. The minimum absolute atomic E-state index is 0.474. The van der Waals surface area contributed by atoms with E-state index >= 15 is 0 Å². The van der Waals surface area contributed by atoms with Crippen molar-refractivity contribution in [2.24, 2.45) is 0 Å². The maximum atomic E-state index is 5.45. The fourth-order valence-electron chi connectivity index (χ4n) is 2.44. The van der Waals surface area contributed by atoms with Gasteiger partial charge < -0.3 is 10.1 Å². The van der Waals surface area contributed by atoms with Crippen LogP contribution < -0.4 is 5.32 Å². The molecule has 1 aromatic rings. The summed E-state index contributed by atoms with van der Waals surface area (Å²) in [5.74, 6) is 0. The number of hydrogen-bond donors (Lipinski definition) is 1. The molecule has 0 saturated carbocycles. The van der Waals surface area contributed by atoms with E-state index in [0.29, 0.717) is 6.04 Å². The number of nitrogens with zero attached hydrogens (tertiary/aromatic N) is 1. The second-order valence-electron chi connectivity index (χ2n) is 4.78. The van der Waals surface area contributed by atoms with Crippen LogP contribution >= 0.6 is 0 Å². The molecule has 1 heterocycles. The van der Waals surface area contributed by atoms with Crippen LogP contribution in [0.2, 0.25) is 0 Å². The molecule has 0 spiro atoms. The Morgan fingerprint density at radius 1 is 1.22 bits per heavy atom. The van der Waals surface area contributed by atoms with Crippen molar-refractivity contribution in [3.8, 4) is 0 Å². The zero-order chi connectivity index (χ0) is 12.6. The zero-order valence-corrected chi connectivity index (χ0v) is 11.3. The molecule has 100 valence electrons. The summed E-state index contributed by atoms with van der Waals surface area (Å²) in [6.07, 6.45) is 1.19. The molecule has 1 N–H and O–H groups in total. The molecule has 0 amide bonds. The predicted molar refractivity (Wildman–Crippen MR) is 74.7 cm³/mol. The van der Waals surface area contributed by atoms with E-state index in [1.54, 1.807) is 0 Å². The molecule has 3 heteroatoms. The molecule has 1 aromatic carbocycles. The first kappa shape index (κ1) is 13.5. The van der Waals surface area contributed by atoms with Gasteiger partial charge in [-0.15, -0.1) is 0 Å². The van der Waals surface area contributed by atoms with Gasteiger partial charge in [-0.1, -0.05) is 37.3 Å². The number of ether oxygens (including phenoxy) is 1. The van der Waals surface area contributed by atoms with Crippen molar-refractivity contribution >= 4 is 0 Å². The van der Waals surface area contributed by atoms with Gasteiger partial charge in [-0.2, -0.15) is 0 Å². The van der Waals surface area contributed by atoms with Crippen LogP contribution in [0.15, 0.2) is 30.3 Å². The molecule has 1 aliphatic rings. The topological polar surface area (TPSA) is 24.5 Å². The van der Waals surface area contributed by atoms with Crippen molar-refractivity contribution in [2.75, 3.05) is 39.4 Å². The Balaban J connectivity index is 2.01. The van der Waals surface area contributed by atoms with E-state index in [0.717, 1.165) is 39.4 Å². The first-order valence-corrected chi connectivity index (χ1v) is 6.99. The Bertz CT molecular complexity index is 323. The number of nitrogens with one attached hydrogen (secondary N) is 1. The van der Waals surface area contributed by atoms with Crippen molar-refractivity contribution in [1.29, 1.82) is 0 Å². The fraction of sp³-hybridized carbons (Fsp3) is 0.600. The summed E-state index contributed by atoms with van der Waals surface area (Å²) in [6, 6.07) is 11.3. The first-order valence-electron chi connectivity index (χ1n) is 6.99. The SMILES string of the molecule is CCCNCC(c1ccccc1)N1CCOCC1. The van der Waals surface area contributed by atoms with Crippen molar-refractivity contribution in [3.05, 3.63) is 35.9 Å². The number of hydrogen-bond acceptors (Lipinski definition) is 3. The van der Waals surface area contributed by atoms with Crippen LogP contribution in [0.1, 0.15) is 24.9 Å². The molecule has 1 unspecified atom stereocenters. The number of rotatable bonds is 6. The standard InChI is InChI=1S/C15H24N2O/c1-2-8-16-13-15(14-6-4-3-5-7-14)17-9-11-18-12-10-17/h3-7,15-16H,2,8-13H2,1H3. The lowest BCUT2D eigenvalue weighted by molar-refractivity contribution is 0.0162. The second kappa shape index (κ2) is 7.52. The predicted octanol–water partition coefficient (Wildman–Crippen LogP) is 2.06. The summed E-state index contributed by atoms with van der Waals surface area (Å²) in [4.78, 5) is 2.53. The average molecular weight is 248 g/mol. The van der Waals surface area contributed by atoms with E-state index in [1.165, 1.54) is 12.0 Å². The van der Waals surface area contributed by atoms with Crippen molar-refractivity contribution in [2.45, 2.75) is 19.4 Å². The lowest BCUT2D eigenvalue weighted by Crippen LogP contribution is -2.42. The van der Waals surface area contributed by atoms with E-state index in [9.17, 15) is 0 Å². The van der Waals surface area contributed by atoms with Crippen molar-refractivity contribution in [1.82, 2.24) is 10.2 Å². The Kier molecular flexibility index (Phi) is 5.65. The summed E-state index contributed by atoms with van der Waals surface area (Å²) in [7, 11) is 0. The molecule has 1 saturated heterocycles. The van der Waals surface area contributed by atoms with Crippen LogP contribution in [0, 0.1) is 0 Å². The van der Waals surface area contributed by atoms with Crippen LogP contribution in [0.3, 0.4) is 0 Å². The highest BCUT2D eigenvalue weighted by molar-refractivity contribution is 5.19. The average Bonchev–Trinajstić information content (AvgIpc) is 2.46. The molecule has 0 aliphatic carbocycles.